The Kier molecular flexibility index (Phi) is 11.9. The molecule has 0 saturated heterocycles. The van der Waals surface area contributed by atoms with E-state index in [0.717, 1.165) is 33.4 Å². The van der Waals surface area contributed by atoms with E-state index in [4.69, 9.17) is 0 Å². The molecule has 0 N–H and O–H groups in total. The minimum atomic E-state index is -0.0254. The molecule has 4 aliphatic carbocycles. The molecule has 6 aromatic rings. The number of fused-ring (bicyclic) bond motifs is 4. The van der Waals surface area contributed by atoms with Gasteiger partial charge in [-0.25, -0.2) is 0 Å². The van der Waals surface area contributed by atoms with Crippen molar-refractivity contribution in [1.82, 2.24) is 0 Å². The van der Waals surface area contributed by atoms with Crippen molar-refractivity contribution in [2.24, 2.45) is 33.5 Å². The number of hydrogen-bond acceptors (Lipinski definition) is 2. The quantitative estimate of drug-likeness (QED) is 0.142. The van der Waals surface area contributed by atoms with E-state index < -0.39 is 0 Å². The lowest BCUT2D eigenvalue weighted by Gasteiger charge is -2.40. The fourth-order valence-corrected chi connectivity index (χ4v) is 15.3. The molecule has 6 atom stereocenters. The van der Waals surface area contributed by atoms with Crippen molar-refractivity contribution in [3.8, 4) is 11.1 Å². The number of benzene rings is 6. The summed E-state index contributed by atoms with van der Waals surface area (Å²) in [5.74, 6) is 2.64. The average Bonchev–Trinajstić information content (AvgIpc) is 3.82. The topological polar surface area (TPSA) is 6.48 Å². The van der Waals surface area contributed by atoms with Crippen LogP contribution < -0.4 is 9.80 Å². The molecule has 0 radical (unpaired) electrons. The predicted octanol–water partition coefficient (Wildman–Crippen LogP) is 20.4. The highest BCUT2D eigenvalue weighted by molar-refractivity contribution is 9.10. The van der Waals surface area contributed by atoms with E-state index in [9.17, 15) is 0 Å². The fourth-order valence-electron chi connectivity index (χ4n) is 14.7. The van der Waals surface area contributed by atoms with Crippen LogP contribution >= 0.6 is 15.9 Å². The smallest absolute Gasteiger partial charge is 0.0604 e. The molecule has 3 heteroatoms. The number of rotatable bonds is 9. The minimum absolute atomic E-state index is 0.000995. The summed E-state index contributed by atoms with van der Waals surface area (Å²) in [6, 6.07) is 48.1. The predicted molar refractivity (Wildman–Crippen MR) is 304 cm³/mol. The maximum atomic E-state index is 4.20. The van der Waals surface area contributed by atoms with Gasteiger partial charge in [-0.1, -0.05) is 149 Å². The summed E-state index contributed by atoms with van der Waals surface area (Å²) in [5.41, 5.74) is 20.1. The number of aryl methyl sites for hydroxylation is 3. The lowest BCUT2D eigenvalue weighted by atomic mass is 9.65. The lowest BCUT2D eigenvalue weighted by molar-refractivity contribution is 0.134. The second-order valence-electron chi connectivity index (χ2n) is 26.5. The molecule has 0 amide bonds. The normalized spacial score (nSPS) is 25.4. The van der Waals surface area contributed by atoms with Crippen LogP contribution in [-0.4, -0.2) is 0 Å². The maximum absolute atomic E-state index is 4.20. The van der Waals surface area contributed by atoms with Crippen molar-refractivity contribution in [2.45, 2.75) is 165 Å². The van der Waals surface area contributed by atoms with Gasteiger partial charge in [-0.3, -0.25) is 0 Å². The highest BCUT2D eigenvalue weighted by atomic mass is 79.9. The third kappa shape index (κ3) is 8.02. The Bertz CT molecular complexity index is 2890. The first kappa shape index (κ1) is 49.0. The number of anilines is 6. The van der Waals surface area contributed by atoms with Crippen LogP contribution in [0.2, 0.25) is 0 Å². The van der Waals surface area contributed by atoms with Crippen molar-refractivity contribution in [1.29, 1.82) is 0 Å². The minimum Gasteiger partial charge on any atom is -0.310 e. The van der Waals surface area contributed by atoms with Crippen LogP contribution in [0.15, 0.2) is 126 Å². The molecule has 0 aliphatic heterocycles. The largest absolute Gasteiger partial charge is 0.310 e. The molecule has 10 rings (SSSR count). The second-order valence-corrected chi connectivity index (χ2v) is 27.3. The summed E-state index contributed by atoms with van der Waals surface area (Å²) < 4.78 is 1.08. The molecule has 4 saturated carbocycles. The zero-order chi connectivity index (χ0) is 50.1. The molecule has 6 aromatic carbocycles. The van der Waals surface area contributed by atoms with Crippen LogP contribution in [0.4, 0.5) is 34.1 Å². The van der Waals surface area contributed by atoms with Gasteiger partial charge in [0.25, 0.3) is 0 Å². The van der Waals surface area contributed by atoms with Gasteiger partial charge in [-0.15, -0.1) is 0 Å². The van der Waals surface area contributed by atoms with Crippen LogP contribution in [0.5, 0.6) is 0 Å². The molecule has 70 heavy (non-hydrogen) atoms. The van der Waals surface area contributed by atoms with Gasteiger partial charge in [0.05, 0.1) is 11.4 Å². The van der Waals surface area contributed by atoms with Gasteiger partial charge in [-0.05, 0) is 231 Å². The Morgan fingerprint density at radius 3 is 1.37 bits per heavy atom. The van der Waals surface area contributed by atoms with Crippen LogP contribution in [0.1, 0.15) is 172 Å². The van der Waals surface area contributed by atoms with Crippen LogP contribution in [-0.2, 0) is 10.8 Å². The maximum Gasteiger partial charge on any atom is 0.0604 e. The molecule has 366 valence electrons. The first-order valence-corrected chi connectivity index (χ1v) is 27.5. The van der Waals surface area contributed by atoms with Crippen molar-refractivity contribution in [3.63, 3.8) is 0 Å². The van der Waals surface area contributed by atoms with E-state index in [1.165, 1.54) is 106 Å². The van der Waals surface area contributed by atoms with Crippen molar-refractivity contribution in [3.05, 3.63) is 165 Å². The van der Waals surface area contributed by atoms with Gasteiger partial charge < -0.3 is 9.80 Å². The van der Waals surface area contributed by atoms with Gasteiger partial charge in [0.1, 0.15) is 0 Å². The number of nitrogens with zero attached hydrogens (tertiary/aromatic N) is 2. The van der Waals surface area contributed by atoms with Gasteiger partial charge in [0.2, 0.25) is 0 Å². The van der Waals surface area contributed by atoms with Crippen LogP contribution in [0.3, 0.4) is 0 Å². The molecule has 4 bridgehead atoms. The highest BCUT2D eigenvalue weighted by Crippen LogP contribution is 2.72. The van der Waals surface area contributed by atoms with Gasteiger partial charge in [0.15, 0.2) is 0 Å². The molecule has 0 spiro atoms. The summed E-state index contributed by atoms with van der Waals surface area (Å²) in [6.45, 7) is 36.1. The van der Waals surface area contributed by atoms with E-state index in [-0.39, 0.29) is 21.7 Å². The van der Waals surface area contributed by atoms with E-state index in [1.807, 2.05) is 0 Å². The summed E-state index contributed by atoms with van der Waals surface area (Å²) in [5, 5.41) is 0. The zero-order valence-corrected chi connectivity index (χ0v) is 47.0. The Morgan fingerprint density at radius 1 is 0.471 bits per heavy atom. The van der Waals surface area contributed by atoms with Crippen LogP contribution in [0.25, 0.3) is 11.1 Å². The molecule has 4 fully saturated rings. The summed E-state index contributed by atoms with van der Waals surface area (Å²) >= 11 is 4.20. The first-order chi connectivity index (χ1) is 32.8. The van der Waals surface area contributed by atoms with E-state index in [2.05, 4.69) is 251 Å². The van der Waals surface area contributed by atoms with Crippen molar-refractivity contribution in [2.75, 3.05) is 9.80 Å². The second kappa shape index (κ2) is 17.0. The van der Waals surface area contributed by atoms with Crippen LogP contribution in [0, 0.1) is 54.3 Å². The Labute approximate surface area is 431 Å². The number of hydrogen-bond donors (Lipinski definition) is 0. The molecule has 2 nitrogen and oxygen atoms in total. The Hall–Kier alpha value is -4.60. The zero-order valence-electron chi connectivity index (χ0n) is 45.4. The third-order valence-electron chi connectivity index (χ3n) is 19.9. The Balaban J connectivity index is 1.19. The standard InChI is InChI=1S/C67H81BrN2/c1-42-30-43(2)32-47(31-42)56-37-48(62(4,5)6)22-24-60(56)70(61-25-23-49(40-59(61)68)63(7,8)9)55-34-44(3)33-54(41-55)69(52-20-16-18-45(35-52)57-38-50-26-28-66(57,14)64(50,10)11)53-21-17-19-46(36-53)58-39-51-27-29-67(58,15)65(51,12)13/h16-25,30-37,40-41,50-51,57-58H,26-29,38-39H2,1-15H3. The molecular formula is C67H81BrN2. The van der Waals surface area contributed by atoms with E-state index in [1.54, 1.807) is 0 Å². The SMILES string of the molecule is Cc1cc(C)cc(-c2cc(C(C)(C)C)ccc2N(c2cc(C)cc(N(c3cccc(C4CC5CCC4(C)C5(C)C)c3)c3cccc(C4CC5CCC4(C)C5(C)C)c3)c2)c2ccc(C(C)(C)C)cc2Br)c1. The highest BCUT2D eigenvalue weighted by Gasteiger charge is 2.62. The molecule has 6 unspecified atom stereocenters. The summed E-state index contributed by atoms with van der Waals surface area (Å²) in [4.78, 5) is 5.14. The molecular weight excluding hydrogens is 913 g/mol. The lowest BCUT2D eigenvalue weighted by Crippen LogP contribution is -2.31. The summed E-state index contributed by atoms with van der Waals surface area (Å²) in [7, 11) is 0. The van der Waals surface area contributed by atoms with Crippen molar-refractivity contribution >= 4 is 50.1 Å². The van der Waals surface area contributed by atoms with E-state index in [0.29, 0.717) is 22.7 Å². The molecule has 0 heterocycles. The van der Waals surface area contributed by atoms with Gasteiger partial charge >= 0.3 is 0 Å². The summed E-state index contributed by atoms with van der Waals surface area (Å²) in [6.07, 6.45) is 7.90. The monoisotopic (exact) mass is 993 g/mol. The van der Waals surface area contributed by atoms with Gasteiger partial charge in [0, 0.05) is 32.8 Å². The van der Waals surface area contributed by atoms with Crippen molar-refractivity contribution < 1.29 is 0 Å². The van der Waals surface area contributed by atoms with E-state index >= 15 is 0 Å². The molecule has 0 aromatic heterocycles. The first-order valence-electron chi connectivity index (χ1n) is 26.8. The third-order valence-corrected chi connectivity index (χ3v) is 20.5. The Morgan fingerprint density at radius 2 is 0.929 bits per heavy atom. The fraction of sp³-hybridized carbons (Fsp3) is 0.463. The molecule has 4 aliphatic rings. The van der Waals surface area contributed by atoms with Gasteiger partial charge in [-0.2, -0.15) is 0 Å². The number of halogens is 1. The average molecular weight is 994 g/mol.